The van der Waals surface area contributed by atoms with E-state index in [1.807, 2.05) is 18.2 Å². The van der Waals surface area contributed by atoms with Crippen molar-refractivity contribution in [2.75, 3.05) is 13.2 Å². The van der Waals surface area contributed by atoms with Gasteiger partial charge < -0.3 is 10.1 Å². The highest BCUT2D eigenvalue weighted by molar-refractivity contribution is 6.33. The summed E-state index contributed by atoms with van der Waals surface area (Å²) >= 11 is 5.98. The first-order chi connectivity index (χ1) is 10.6. The highest BCUT2D eigenvalue weighted by Crippen LogP contribution is 2.20. The minimum absolute atomic E-state index is 0.190. The van der Waals surface area contributed by atoms with E-state index in [1.54, 1.807) is 24.3 Å². The molecule has 0 aliphatic rings. The number of amides is 1. The minimum atomic E-state index is -0.190. The van der Waals surface area contributed by atoms with Crippen LogP contribution in [-0.2, 0) is 0 Å². The zero-order valence-corrected chi connectivity index (χ0v) is 13.6. The van der Waals surface area contributed by atoms with Gasteiger partial charge in [-0.1, -0.05) is 49.7 Å². The van der Waals surface area contributed by atoms with Gasteiger partial charge in [0.1, 0.15) is 12.4 Å². The number of nitrogens with one attached hydrogen (secondary N) is 1. The Morgan fingerprint density at radius 1 is 1.18 bits per heavy atom. The molecule has 0 aliphatic carbocycles. The summed E-state index contributed by atoms with van der Waals surface area (Å²) in [5.41, 5.74) is 1.71. The van der Waals surface area contributed by atoms with Crippen LogP contribution in [-0.4, -0.2) is 19.1 Å². The van der Waals surface area contributed by atoms with E-state index in [-0.39, 0.29) is 5.91 Å². The van der Waals surface area contributed by atoms with E-state index in [4.69, 9.17) is 16.3 Å². The third kappa shape index (κ3) is 4.50. The second kappa shape index (κ2) is 7.85. The fourth-order valence-electron chi connectivity index (χ4n) is 2.04. The lowest BCUT2D eigenvalue weighted by atomic mass is 10.0. The van der Waals surface area contributed by atoms with Crippen LogP contribution in [0.4, 0.5) is 0 Å². The maximum absolute atomic E-state index is 12.0. The van der Waals surface area contributed by atoms with Gasteiger partial charge in [-0.15, -0.1) is 0 Å². The molecule has 0 radical (unpaired) electrons. The van der Waals surface area contributed by atoms with Gasteiger partial charge in [0.15, 0.2) is 0 Å². The van der Waals surface area contributed by atoms with Gasteiger partial charge in [0.25, 0.3) is 5.91 Å². The summed E-state index contributed by atoms with van der Waals surface area (Å²) in [5.74, 6) is 1.09. The van der Waals surface area contributed by atoms with E-state index in [1.165, 1.54) is 5.56 Å². The van der Waals surface area contributed by atoms with Gasteiger partial charge in [-0.25, -0.2) is 0 Å². The molecule has 0 unspecified atom stereocenters. The van der Waals surface area contributed by atoms with Crippen molar-refractivity contribution in [1.82, 2.24) is 5.32 Å². The molecule has 0 heterocycles. The first-order valence-corrected chi connectivity index (χ1v) is 7.71. The van der Waals surface area contributed by atoms with E-state index in [2.05, 4.69) is 25.2 Å². The largest absolute Gasteiger partial charge is 0.492 e. The van der Waals surface area contributed by atoms with Crippen LogP contribution in [0.1, 0.15) is 35.7 Å². The molecule has 0 saturated heterocycles. The fraction of sp³-hybridized carbons (Fsp3) is 0.278. The lowest BCUT2D eigenvalue weighted by Crippen LogP contribution is -2.28. The molecule has 3 nitrogen and oxygen atoms in total. The first-order valence-electron chi connectivity index (χ1n) is 7.33. The van der Waals surface area contributed by atoms with Crippen LogP contribution in [0.2, 0.25) is 5.02 Å². The molecule has 1 amide bonds. The van der Waals surface area contributed by atoms with Crippen LogP contribution in [0.3, 0.4) is 0 Å². The van der Waals surface area contributed by atoms with Crippen molar-refractivity contribution in [3.63, 3.8) is 0 Å². The van der Waals surface area contributed by atoms with Crippen LogP contribution in [0.25, 0.3) is 0 Å². The highest BCUT2D eigenvalue weighted by atomic mass is 35.5. The maximum Gasteiger partial charge on any atom is 0.252 e. The maximum atomic E-state index is 12.0. The molecule has 22 heavy (non-hydrogen) atoms. The monoisotopic (exact) mass is 317 g/mol. The molecule has 2 aromatic carbocycles. The molecule has 1 N–H and O–H groups in total. The van der Waals surface area contributed by atoms with Gasteiger partial charge in [0, 0.05) is 0 Å². The summed E-state index contributed by atoms with van der Waals surface area (Å²) in [6.45, 7) is 5.12. The van der Waals surface area contributed by atoms with Crippen LogP contribution >= 0.6 is 11.6 Å². The van der Waals surface area contributed by atoms with Crippen molar-refractivity contribution >= 4 is 17.5 Å². The Morgan fingerprint density at radius 3 is 2.68 bits per heavy atom. The Labute approximate surface area is 136 Å². The number of ether oxygens (including phenoxy) is 1. The highest BCUT2D eigenvalue weighted by Gasteiger charge is 2.08. The fourth-order valence-corrected chi connectivity index (χ4v) is 2.26. The number of carbonyl (C=O) groups is 1. The van der Waals surface area contributed by atoms with Crippen molar-refractivity contribution in [3.05, 3.63) is 64.7 Å². The molecule has 0 aliphatic heterocycles. The van der Waals surface area contributed by atoms with Gasteiger partial charge >= 0.3 is 0 Å². The van der Waals surface area contributed by atoms with Crippen molar-refractivity contribution in [2.45, 2.75) is 19.8 Å². The number of rotatable bonds is 6. The Morgan fingerprint density at radius 2 is 1.95 bits per heavy atom. The quantitative estimate of drug-likeness (QED) is 0.808. The summed E-state index contributed by atoms with van der Waals surface area (Å²) in [5, 5.41) is 3.25. The number of benzene rings is 2. The summed E-state index contributed by atoms with van der Waals surface area (Å²) in [6.07, 6.45) is 0. The molecule has 116 valence electrons. The van der Waals surface area contributed by atoms with Gasteiger partial charge in [-0.3, -0.25) is 4.79 Å². The van der Waals surface area contributed by atoms with Gasteiger partial charge in [-0.05, 0) is 35.7 Å². The second-order valence-corrected chi connectivity index (χ2v) is 5.72. The number of carbonyl (C=O) groups excluding carboxylic acids is 1. The Kier molecular flexibility index (Phi) is 5.84. The first kappa shape index (κ1) is 16.4. The van der Waals surface area contributed by atoms with E-state index in [0.717, 1.165) is 5.75 Å². The van der Waals surface area contributed by atoms with Crippen LogP contribution < -0.4 is 10.1 Å². The number of hydrogen-bond acceptors (Lipinski definition) is 2. The standard InChI is InChI=1S/C18H20ClNO2/c1-13(2)14-6-5-7-15(12-14)22-11-10-20-18(21)16-8-3-4-9-17(16)19/h3-9,12-13H,10-11H2,1-2H3,(H,20,21). The zero-order valence-electron chi connectivity index (χ0n) is 12.8. The summed E-state index contributed by atoms with van der Waals surface area (Å²) in [4.78, 5) is 12.0. The normalized spacial score (nSPS) is 10.5. The van der Waals surface area contributed by atoms with Crippen molar-refractivity contribution in [1.29, 1.82) is 0 Å². The number of halogens is 1. The molecule has 2 rings (SSSR count). The van der Waals surface area contributed by atoms with Gasteiger partial charge in [0.2, 0.25) is 0 Å². The zero-order chi connectivity index (χ0) is 15.9. The molecule has 0 bridgehead atoms. The third-order valence-corrected chi connectivity index (χ3v) is 3.63. The predicted octanol–water partition coefficient (Wildman–Crippen LogP) is 4.27. The molecule has 0 aromatic heterocycles. The Bertz CT molecular complexity index is 640. The van der Waals surface area contributed by atoms with E-state index in [0.29, 0.717) is 29.7 Å². The number of hydrogen-bond donors (Lipinski definition) is 1. The van der Waals surface area contributed by atoms with Crippen LogP contribution in [0.5, 0.6) is 5.75 Å². The molecule has 0 spiro atoms. The third-order valence-electron chi connectivity index (χ3n) is 3.30. The lowest BCUT2D eigenvalue weighted by Gasteiger charge is -2.11. The molecule has 2 aromatic rings. The molecule has 0 fully saturated rings. The lowest BCUT2D eigenvalue weighted by molar-refractivity contribution is 0.0947. The molecule has 4 heteroatoms. The second-order valence-electron chi connectivity index (χ2n) is 5.31. The summed E-state index contributed by atoms with van der Waals surface area (Å²) in [7, 11) is 0. The average molecular weight is 318 g/mol. The summed E-state index contributed by atoms with van der Waals surface area (Å²) < 4.78 is 5.67. The van der Waals surface area contributed by atoms with Gasteiger partial charge in [0.05, 0.1) is 17.1 Å². The molecular formula is C18H20ClNO2. The van der Waals surface area contributed by atoms with E-state index < -0.39 is 0 Å². The molecular weight excluding hydrogens is 298 g/mol. The molecule has 0 saturated carbocycles. The summed E-state index contributed by atoms with van der Waals surface area (Å²) in [6, 6.07) is 15.0. The topological polar surface area (TPSA) is 38.3 Å². The Balaban J connectivity index is 1.81. The average Bonchev–Trinajstić information content (AvgIpc) is 2.52. The molecule has 0 atom stereocenters. The SMILES string of the molecule is CC(C)c1cccc(OCCNC(=O)c2ccccc2Cl)c1. The van der Waals surface area contributed by atoms with Crippen LogP contribution in [0, 0.1) is 0 Å². The Hall–Kier alpha value is -2.00. The minimum Gasteiger partial charge on any atom is -0.492 e. The van der Waals surface area contributed by atoms with Crippen molar-refractivity contribution < 1.29 is 9.53 Å². The van der Waals surface area contributed by atoms with E-state index in [9.17, 15) is 4.79 Å². The smallest absolute Gasteiger partial charge is 0.252 e. The van der Waals surface area contributed by atoms with E-state index >= 15 is 0 Å². The van der Waals surface area contributed by atoms with Gasteiger partial charge in [-0.2, -0.15) is 0 Å². The predicted molar refractivity (Wildman–Crippen MR) is 89.8 cm³/mol. The van der Waals surface area contributed by atoms with Crippen molar-refractivity contribution in [3.8, 4) is 5.75 Å². The van der Waals surface area contributed by atoms with Crippen LogP contribution in [0.15, 0.2) is 48.5 Å². The van der Waals surface area contributed by atoms with Crippen molar-refractivity contribution in [2.24, 2.45) is 0 Å².